The van der Waals surface area contributed by atoms with Crippen LogP contribution in [0.5, 0.6) is 0 Å². The van der Waals surface area contributed by atoms with Crippen molar-refractivity contribution in [3.63, 3.8) is 0 Å². The number of carbonyl (C=O) groups excluding carboxylic acids is 1. The number of carbonyl (C=O) groups is 1. The van der Waals surface area contributed by atoms with Gasteiger partial charge in [0, 0.05) is 11.3 Å². The van der Waals surface area contributed by atoms with Crippen LogP contribution in [0.4, 0.5) is 5.69 Å². The number of nitrogens with one attached hydrogen (secondary N) is 2. The number of benzene rings is 2. The topological polar surface area (TPSA) is 67.1 Å². The molecule has 0 aliphatic rings. The second-order valence-electron chi connectivity index (χ2n) is 4.49. The van der Waals surface area contributed by atoms with Crippen LogP contribution in [0.15, 0.2) is 55.1 Å². The van der Waals surface area contributed by atoms with Gasteiger partial charge in [-0.05, 0) is 36.2 Å². The van der Waals surface area contributed by atoms with Crippen LogP contribution < -0.4 is 16.6 Å². The van der Waals surface area contributed by atoms with Crippen molar-refractivity contribution in [2.45, 2.75) is 6.92 Å². The van der Waals surface area contributed by atoms with Gasteiger partial charge in [0.15, 0.2) is 0 Å². The van der Waals surface area contributed by atoms with E-state index in [0.29, 0.717) is 16.9 Å². The van der Waals surface area contributed by atoms with Crippen molar-refractivity contribution < 1.29 is 4.79 Å². The minimum atomic E-state index is -0.195. The minimum absolute atomic E-state index is 0.195. The van der Waals surface area contributed by atoms with E-state index in [-0.39, 0.29) is 5.91 Å². The first kappa shape index (κ1) is 13.7. The van der Waals surface area contributed by atoms with Crippen LogP contribution >= 0.6 is 0 Å². The Morgan fingerprint density at radius 3 is 2.35 bits per heavy atom. The van der Waals surface area contributed by atoms with Gasteiger partial charge in [-0.1, -0.05) is 36.9 Å². The molecule has 1 amide bonds. The van der Waals surface area contributed by atoms with Crippen molar-refractivity contribution >= 4 is 17.3 Å². The predicted molar refractivity (Wildman–Crippen MR) is 81.7 cm³/mol. The Morgan fingerprint density at radius 1 is 1.05 bits per heavy atom. The summed E-state index contributed by atoms with van der Waals surface area (Å²) in [5.74, 6) is -0.195. The molecule has 0 fully saturated rings. The van der Waals surface area contributed by atoms with E-state index < -0.39 is 0 Å². The maximum Gasteiger partial charge on any atom is 0.269 e. The van der Waals surface area contributed by atoms with E-state index in [2.05, 4.69) is 17.4 Å². The van der Waals surface area contributed by atoms with Gasteiger partial charge in [0.2, 0.25) is 0 Å². The fraction of sp³-hybridized carbons (Fsp3) is 0.0625. The average molecular weight is 267 g/mol. The van der Waals surface area contributed by atoms with Crippen molar-refractivity contribution in [2.24, 2.45) is 0 Å². The number of nitrogens with two attached hydrogens (primary N) is 1. The van der Waals surface area contributed by atoms with Gasteiger partial charge < -0.3 is 5.73 Å². The summed E-state index contributed by atoms with van der Waals surface area (Å²) < 4.78 is 0. The highest BCUT2D eigenvalue weighted by Gasteiger charge is 2.07. The van der Waals surface area contributed by atoms with Gasteiger partial charge in [-0.15, -0.1) is 0 Å². The molecule has 2 aromatic carbocycles. The van der Waals surface area contributed by atoms with E-state index in [1.165, 1.54) is 0 Å². The third kappa shape index (κ3) is 3.17. The zero-order valence-electron chi connectivity index (χ0n) is 11.3. The van der Waals surface area contributed by atoms with Gasteiger partial charge in [0.05, 0.1) is 5.70 Å². The highest BCUT2D eigenvalue weighted by Crippen LogP contribution is 2.11. The molecule has 4 N–H and O–H groups in total. The zero-order valence-corrected chi connectivity index (χ0v) is 11.3. The summed E-state index contributed by atoms with van der Waals surface area (Å²) in [6, 6.07) is 14.6. The lowest BCUT2D eigenvalue weighted by molar-refractivity contribution is 0.0942. The minimum Gasteiger partial charge on any atom is -0.399 e. The Bertz CT molecular complexity index is 632. The molecule has 0 saturated carbocycles. The Morgan fingerprint density at radius 2 is 1.70 bits per heavy atom. The number of rotatable bonds is 4. The fourth-order valence-electron chi connectivity index (χ4n) is 1.78. The smallest absolute Gasteiger partial charge is 0.269 e. The summed E-state index contributed by atoms with van der Waals surface area (Å²) in [4.78, 5) is 12.0. The summed E-state index contributed by atoms with van der Waals surface area (Å²) in [5, 5.41) is 0. The van der Waals surface area contributed by atoms with Crippen LogP contribution in [0.2, 0.25) is 0 Å². The van der Waals surface area contributed by atoms with Crippen LogP contribution in [0.25, 0.3) is 5.70 Å². The maximum absolute atomic E-state index is 12.0. The third-order valence-electron chi connectivity index (χ3n) is 2.98. The first-order valence-corrected chi connectivity index (χ1v) is 6.25. The van der Waals surface area contributed by atoms with Crippen LogP contribution in [-0.4, -0.2) is 5.91 Å². The standard InChI is InChI=1S/C16H17N3O/c1-11-5-3-4-6-15(11)16(20)19-18-12(2)13-7-9-14(17)10-8-13/h3-10,18H,2,17H2,1H3,(H,19,20). The van der Waals surface area contributed by atoms with E-state index in [9.17, 15) is 4.79 Å². The van der Waals surface area contributed by atoms with Crippen LogP contribution in [0.1, 0.15) is 21.5 Å². The van der Waals surface area contributed by atoms with Crippen molar-refractivity contribution in [1.29, 1.82) is 0 Å². The van der Waals surface area contributed by atoms with Crippen molar-refractivity contribution in [3.05, 3.63) is 71.8 Å². The number of hydrogen-bond donors (Lipinski definition) is 3. The molecule has 20 heavy (non-hydrogen) atoms. The molecule has 0 unspecified atom stereocenters. The summed E-state index contributed by atoms with van der Waals surface area (Å²) in [5.41, 5.74) is 14.8. The molecule has 0 atom stereocenters. The molecular weight excluding hydrogens is 250 g/mol. The molecule has 4 heteroatoms. The number of hydrazine groups is 1. The molecule has 0 aromatic heterocycles. The van der Waals surface area contributed by atoms with Gasteiger partial charge in [-0.3, -0.25) is 15.6 Å². The number of hydrogen-bond acceptors (Lipinski definition) is 3. The van der Waals surface area contributed by atoms with Crippen molar-refractivity contribution in [1.82, 2.24) is 10.9 Å². The first-order valence-electron chi connectivity index (χ1n) is 6.25. The van der Waals surface area contributed by atoms with Gasteiger partial charge in [0.25, 0.3) is 5.91 Å². The first-order chi connectivity index (χ1) is 9.58. The molecule has 2 aromatic rings. The summed E-state index contributed by atoms with van der Waals surface area (Å²) in [6.07, 6.45) is 0. The molecule has 0 saturated heterocycles. The lowest BCUT2D eigenvalue weighted by atomic mass is 10.1. The van der Waals surface area contributed by atoms with Gasteiger partial charge in [-0.2, -0.15) is 0 Å². The monoisotopic (exact) mass is 267 g/mol. The quantitative estimate of drug-likeness (QED) is 0.589. The number of amides is 1. The molecule has 0 heterocycles. The fourth-order valence-corrected chi connectivity index (χ4v) is 1.78. The molecule has 0 radical (unpaired) electrons. The largest absolute Gasteiger partial charge is 0.399 e. The van der Waals surface area contributed by atoms with E-state index in [1.807, 2.05) is 37.3 Å². The van der Waals surface area contributed by atoms with Gasteiger partial charge in [0.1, 0.15) is 0 Å². The van der Waals surface area contributed by atoms with E-state index in [4.69, 9.17) is 5.73 Å². The summed E-state index contributed by atoms with van der Waals surface area (Å²) in [6.45, 7) is 5.77. The highest BCUT2D eigenvalue weighted by molar-refractivity contribution is 5.95. The number of nitrogen functional groups attached to an aromatic ring is 1. The lowest BCUT2D eigenvalue weighted by Gasteiger charge is -2.12. The van der Waals surface area contributed by atoms with E-state index in [1.54, 1.807) is 18.2 Å². The van der Waals surface area contributed by atoms with Gasteiger partial charge in [-0.25, -0.2) is 0 Å². The lowest BCUT2D eigenvalue weighted by Crippen LogP contribution is -2.36. The van der Waals surface area contributed by atoms with Crippen molar-refractivity contribution in [2.75, 3.05) is 5.73 Å². The van der Waals surface area contributed by atoms with Gasteiger partial charge >= 0.3 is 0 Å². The van der Waals surface area contributed by atoms with Crippen molar-refractivity contribution in [3.8, 4) is 0 Å². The highest BCUT2D eigenvalue weighted by atomic mass is 16.2. The SMILES string of the molecule is C=C(NNC(=O)c1ccccc1C)c1ccc(N)cc1. The Labute approximate surface area is 118 Å². The molecule has 0 spiro atoms. The van der Waals surface area contributed by atoms with Crippen LogP contribution in [0.3, 0.4) is 0 Å². The Kier molecular flexibility index (Phi) is 4.05. The van der Waals surface area contributed by atoms with Crippen LogP contribution in [0, 0.1) is 6.92 Å². The Balaban J connectivity index is 1.99. The molecule has 4 nitrogen and oxygen atoms in total. The number of anilines is 1. The molecule has 2 rings (SSSR count). The molecule has 0 bridgehead atoms. The maximum atomic E-state index is 12.0. The average Bonchev–Trinajstić information content (AvgIpc) is 2.45. The van der Waals surface area contributed by atoms with E-state index in [0.717, 1.165) is 11.1 Å². The molecular formula is C16H17N3O. The summed E-state index contributed by atoms with van der Waals surface area (Å²) >= 11 is 0. The zero-order chi connectivity index (χ0) is 14.5. The molecule has 102 valence electrons. The second-order valence-corrected chi connectivity index (χ2v) is 4.49. The van der Waals surface area contributed by atoms with E-state index >= 15 is 0 Å². The third-order valence-corrected chi connectivity index (χ3v) is 2.98. The number of aryl methyl sites for hydroxylation is 1. The normalized spacial score (nSPS) is 9.85. The molecule has 0 aliphatic carbocycles. The second kappa shape index (κ2) is 5.93. The Hall–Kier alpha value is -2.75. The molecule has 0 aliphatic heterocycles. The predicted octanol–water partition coefficient (Wildman–Crippen LogP) is 2.48. The summed E-state index contributed by atoms with van der Waals surface area (Å²) in [7, 11) is 0. The van der Waals surface area contributed by atoms with Crippen LogP contribution in [-0.2, 0) is 0 Å².